The van der Waals surface area contributed by atoms with Crippen LogP contribution in [0.15, 0.2) is 5.38 Å². The van der Waals surface area contributed by atoms with Crippen LogP contribution < -0.4 is 10.6 Å². The molecule has 0 saturated carbocycles. The van der Waals surface area contributed by atoms with Crippen molar-refractivity contribution in [2.45, 2.75) is 33.1 Å². The molecule has 0 fully saturated rings. The highest BCUT2D eigenvalue weighted by atomic mass is 32.1. The topological polar surface area (TPSA) is 54.0 Å². The standard InChI is InChI=1S/C12H21N3OS/c1-8(6-13-5)10(16)15-11-14-9(7-17-11)12(2,3)4/h7-8,13H,6H2,1-5H3,(H,14,15,16). The first-order chi connectivity index (χ1) is 7.84. The third kappa shape index (κ3) is 4.09. The molecule has 1 atom stereocenters. The van der Waals surface area contributed by atoms with Crippen molar-refractivity contribution < 1.29 is 4.79 Å². The predicted octanol–water partition coefficient (Wildman–Crippen LogP) is 2.23. The molecule has 0 saturated heterocycles. The predicted molar refractivity (Wildman–Crippen MR) is 72.5 cm³/mol. The van der Waals surface area contributed by atoms with Crippen LogP contribution in [-0.4, -0.2) is 24.5 Å². The molecule has 17 heavy (non-hydrogen) atoms. The molecule has 0 radical (unpaired) electrons. The molecule has 5 heteroatoms. The van der Waals surface area contributed by atoms with Crippen LogP contribution in [0.2, 0.25) is 0 Å². The minimum absolute atomic E-state index is 0.00848. The van der Waals surface area contributed by atoms with Crippen molar-refractivity contribution in [2.75, 3.05) is 18.9 Å². The van der Waals surface area contributed by atoms with Crippen molar-refractivity contribution in [3.8, 4) is 0 Å². The summed E-state index contributed by atoms with van der Waals surface area (Å²) in [5, 5.41) is 8.51. The Hall–Kier alpha value is -0.940. The van der Waals surface area contributed by atoms with E-state index in [1.807, 2.05) is 19.4 Å². The number of hydrogen-bond acceptors (Lipinski definition) is 4. The summed E-state index contributed by atoms with van der Waals surface area (Å²) < 4.78 is 0. The summed E-state index contributed by atoms with van der Waals surface area (Å²) in [4.78, 5) is 16.2. The first-order valence-electron chi connectivity index (χ1n) is 5.76. The molecule has 1 aromatic heterocycles. The van der Waals surface area contributed by atoms with Crippen molar-refractivity contribution in [2.24, 2.45) is 5.92 Å². The second-order valence-electron chi connectivity index (χ2n) is 5.24. The summed E-state index contributed by atoms with van der Waals surface area (Å²) in [7, 11) is 1.84. The van der Waals surface area contributed by atoms with Crippen LogP contribution in [-0.2, 0) is 10.2 Å². The number of anilines is 1. The van der Waals surface area contributed by atoms with Gasteiger partial charge in [0.15, 0.2) is 5.13 Å². The van der Waals surface area contributed by atoms with Gasteiger partial charge >= 0.3 is 0 Å². The smallest absolute Gasteiger partial charge is 0.230 e. The van der Waals surface area contributed by atoms with E-state index in [2.05, 4.69) is 36.4 Å². The van der Waals surface area contributed by atoms with E-state index in [1.54, 1.807) is 0 Å². The Kier molecular flexibility index (Phi) is 4.65. The molecule has 0 aliphatic heterocycles. The fourth-order valence-electron chi connectivity index (χ4n) is 1.30. The third-order valence-corrected chi connectivity index (χ3v) is 3.22. The molecule has 1 heterocycles. The maximum Gasteiger partial charge on any atom is 0.230 e. The molecule has 0 aliphatic rings. The first-order valence-corrected chi connectivity index (χ1v) is 6.64. The number of carbonyl (C=O) groups is 1. The number of nitrogens with zero attached hydrogens (tertiary/aromatic N) is 1. The Morgan fingerprint density at radius 3 is 2.65 bits per heavy atom. The minimum Gasteiger partial charge on any atom is -0.319 e. The zero-order valence-corrected chi connectivity index (χ0v) is 11.9. The fourth-order valence-corrected chi connectivity index (χ4v) is 2.24. The van der Waals surface area contributed by atoms with E-state index < -0.39 is 0 Å². The Bertz CT molecular complexity index is 381. The van der Waals surface area contributed by atoms with Crippen LogP contribution in [0.25, 0.3) is 0 Å². The second-order valence-corrected chi connectivity index (χ2v) is 6.09. The summed E-state index contributed by atoms with van der Waals surface area (Å²) in [5.74, 6) is -0.0452. The van der Waals surface area contributed by atoms with Gasteiger partial charge in [-0.3, -0.25) is 4.79 Å². The van der Waals surface area contributed by atoms with E-state index in [4.69, 9.17) is 0 Å². The van der Waals surface area contributed by atoms with Crippen molar-refractivity contribution in [3.63, 3.8) is 0 Å². The molecule has 4 nitrogen and oxygen atoms in total. The van der Waals surface area contributed by atoms with Crippen LogP contribution >= 0.6 is 11.3 Å². The lowest BCUT2D eigenvalue weighted by atomic mass is 9.93. The fraction of sp³-hybridized carbons (Fsp3) is 0.667. The zero-order valence-electron chi connectivity index (χ0n) is 11.1. The van der Waals surface area contributed by atoms with Gasteiger partial charge in [0.1, 0.15) is 0 Å². The number of amides is 1. The monoisotopic (exact) mass is 255 g/mol. The number of hydrogen-bond donors (Lipinski definition) is 2. The van der Waals surface area contributed by atoms with Gasteiger partial charge in [0.25, 0.3) is 0 Å². The van der Waals surface area contributed by atoms with Crippen LogP contribution in [0.4, 0.5) is 5.13 Å². The van der Waals surface area contributed by atoms with E-state index in [9.17, 15) is 4.79 Å². The Morgan fingerprint density at radius 1 is 1.53 bits per heavy atom. The first kappa shape index (κ1) is 14.1. The lowest BCUT2D eigenvalue weighted by molar-refractivity contribution is -0.119. The van der Waals surface area contributed by atoms with Gasteiger partial charge in [-0.1, -0.05) is 27.7 Å². The molecule has 0 aromatic carbocycles. The molecule has 1 unspecified atom stereocenters. The Balaban J connectivity index is 2.64. The van der Waals surface area contributed by atoms with Crippen molar-refractivity contribution in [1.29, 1.82) is 0 Å². The van der Waals surface area contributed by atoms with Gasteiger partial charge in [0.05, 0.1) is 5.69 Å². The van der Waals surface area contributed by atoms with Gasteiger partial charge in [-0.05, 0) is 7.05 Å². The number of thiazole rings is 1. The van der Waals surface area contributed by atoms with Crippen molar-refractivity contribution in [1.82, 2.24) is 10.3 Å². The highest BCUT2D eigenvalue weighted by Crippen LogP contribution is 2.26. The highest BCUT2D eigenvalue weighted by molar-refractivity contribution is 7.13. The summed E-state index contributed by atoms with van der Waals surface area (Å²) in [6, 6.07) is 0. The van der Waals surface area contributed by atoms with E-state index in [-0.39, 0.29) is 17.2 Å². The quantitative estimate of drug-likeness (QED) is 0.867. The lowest BCUT2D eigenvalue weighted by Crippen LogP contribution is -2.28. The zero-order chi connectivity index (χ0) is 13.1. The van der Waals surface area contributed by atoms with Gasteiger partial charge in [-0.25, -0.2) is 4.98 Å². The minimum atomic E-state index is -0.0537. The molecule has 1 aromatic rings. The summed E-state index contributed by atoms with van der Waals surface area (Å²) in [6.07, 6.45) is 0. The summed E-state index contributed by atoms with van der Waals surface area (Å²) in [5.41, 5.74) is 1.04. The molecule has 1 amide bonds. The number of nitrogens with one attached hydrogen (secondary N) is 2. The van der Waals surface area contributed by atoms with Crippen LogP contribution in [0.5, 0.6) is 0 Å². The van der Waals surface area contributed by atoms with E-state index in [0.29, 0.717) is 11.7 Å². The van der Waals surface area contributed by atoms with Crippen molar-refractivity contribution in [3.05, 3.63) is 11.1 Å². The van der Waals surface area contributed by atoms with E-state index >= 15 is 0 Å². The Morgan fingerprint density at radius 2 is 2.18 bits per heavy atom. The normalized spacial score (nSPS) is 13.5. The Labute approximate surface area is 107 Å². The molecular weight excluding hydrogens is 234 g/mol. The van der Waals surface area contributed by atoms with E-state index in [1.165, 1.54) is 11.3 Å². The molecule has 1 rings (SSSR count). The molecule has 0 aliphatic carbocycles. The van der Waals surface area contributed by atoms with Gasteiger partial charge in [0.2, 0.25) is 5.91 Å². The number of rotatable bonds is 4. The SMILES string of the molecule is CNCC(C)C(=O)Nc1nc(C(C)(C)C)cs1. The summed E-state index contributed by atoms with van der Waals surface area (Å²) in [6.45, 7) is 8.89. The molecule has 96 valence electrons. The second kappa shape index (κ2) is 5.60. The lowest BCUT2D eigenvalue weighted by Gasteiger charge is -2.14. The van der Waals surface area contributed by atoms with Crippen LogP contribution in [0.1, 0.15) is 33.4 Å². The molecular formula is C12H21N3OS. The van der Waals surface area contributed by atoms with Crippen LogP contribution in [0.3, 0.4) is 0 Å². The highest BCUT2D eigenvalue weighted by Gasteiger charge is 2.19. The molecule has 0 bridgehead atoms. The molecule has 2 N–H and O–H groups in total. The van der Waals surface area contributed by atoms with Gasteiger partial charge in [-0.15, -0.1) is 11.3 Å². The van der Waals surface area contributed by atoms with Crippen LogP contribution in [0, 0.1) is 5.92 Å². The summed E-state index contributed by atoms with van der Waals surface area (Å²) >= 11 is 1.48. The largest absolute Gasteiger partial charge is 0.319 e. The average Bonchev–Trinajstić information content (AvgIpc) is 2.66. The van der Waals surface area contributed by atoms with Crippen molar-refractivity contribution >= 4 is 22.4 Å². The van der Waals surface area contributed by atoms with E-state index in [0.717, 1.165) is 5.69 Å². The number of aromatic nitrogens is 1. The van der Waals surface area contributed by atoms with Gasteiger partial charge < -0.3 is 10.6 Å². The average molecular weight is 255 g/mol. The maximum absolute atomic E-state index is 11.8. The van der Waals surface area contributed by atoms with Gasteiger partial charge in [-0.2, -0.15) is 0 Å². The van der Waals surface area contributed by atoms with Gasteiger partial charge in [0, 0.05) is 23.3 Å². The molecule has 0 spiro atoms. The maximum atomic E-state index is 11.8. The number of carbonyl (C=O) groups excluding carboxylic acids is 1. The third-order valence-electron chi connectivity index (χ3n) is 2.46.